The van der Waals surface area contributed by atoms with Crippen LogP contribution >= 0.6 is 0 Å². The Bertz CT molecular complexity index is 699. The molecule has 0 radical (unpaired) electrons. The molecule has 3 heteroatoms. The molecule has 0 amide bonds. The minimum Gasteiger partial charge on any atom is -0.322 e. The molecule has 3 rings (SSSR count). The Hall–Kier alpha value is -2.39. The minimum atomic E-state index is -0.0855. The van der Waals surface area contributed by atoms with Crippen molar-refractivity contribution in [1.82, 2.24) is 9.78 Å². The zero-order chi connectivity index (χ0) is 14.7. The molecule has 21 heavy (non-hydrogen) atoms. The number of para-hydroxylation sites is 1. The highest BCUT2D eigenvalue weighted by Gasteiger charge is 2.11. The molecule has 0 aliphatic carbocycles. The van der Waals surface area contributed by atoms with E-state index in [-0.39, 0.29) is 6.04 Å². The zero-order valence-corrected chi connectivity index (χ0v) is 12.1. The van der Waals surface area contributed by atoms with E-state index in [4.69, 9.17) is 5.73 Å². The van der Waals surface area contributed by atoms with Crippen molar-refractivity contribution in [1.29, 1.82) is 0 Å². The lowest BCUT2D eigenvalue weighted by molar-refractivity contribution is 0.678. The van der Waals surface area contributed by atoms with E-state index in [2.05, 4.69) is 36.3 Å². The topological polar surface area (TPSA) is 43.8 Å². The Morgan fingerprint density at radius 2 is 1.71 bits per heavy atom. The fourth-order valence-electron chi connectivity index (χ4n) is 2.34. The van der Waals surface area contributed by atoms with Gasteiger partial charge in [-0.25, -0.2) is 4.68 Å². The molecule has 0 aliphatic heterocycles. The number of aromatic nitrogens is 2. The fraction of sp³-hybridized carbons (Fsp3) is 0.167. The summed E-state index contributed by atoms with van der Waals surface area (Å²) in [4.78, 5) is 0. The Morgan fingerprint density at radius 3 is 2.43 bits per heavy atom. The number of rotatable bonds is 4. The Balaban J connectivity index is 1.75. The van der Waals surface area contributed by atoms with Gasteiger partial charge in [0.15, 0.2) is 0 Å². The van der Waals surface area contributed by atoms with Crippen LogP contribution < -0.4 is 5.73 Å². The SMILES string of the molecule is Cc1ccc(CC(N)c2ccn(-c3ccccc3)n2)cc1. The van der Waals surface area contributed by atoms with Gasteiger partial charge in [0.05, 0.1) is 17.4 Å². The lowest BCUT2D eigenvalue weighted by Crippen LogP contribution is -2.14. The maximum absolute atomic E-state index is 6.28. The molecule has 3 nitrogen and oxygen atoms in total. The van der Waals surface area contributed by atoms with Crippen LogP contribution in [0, 0.1) is 6.92 Å². The van der Waals surface area contributed by atoms with Crippen molar-refractivity contribution in [3.05, 3.63) is 83.7 Å². The van der Waals surface area contributed by atoms with Crippen LogP contribution in [0.3, 0.4) is 0 Å². The summed E-state index contributed by atoms with van der Waals surface area (Å²) >= 11 is 0. The Morgan fingerprint density at radius 1 is 1.00 bits per heavy atom. The van der Waals surface area contributed by atoms with Gasteiger partial charge in [-0.1, -0.05) is 48.0 Å². The summed E-state index contributed by atoms with van der Waals surface area (Å²) < 4.78 is 1.87. The highest BCUT2D eigenvalue weighted by Crippen LogP contribution is 2.16. The first-order chi connectivity index (χ1) is 10.2. The van der Waals surface area contributed by atoms with Crippen LogP contribution in [0.1, 0.15) is 22.9 Å². The molecule has 0 saturated carbocycles. The van der Waals surface area contributed by atoms with Crippen molar-refractivity contribution in [2.24, 2.45) is 5.73 Å². The summed E-state index contributed by atoms with van der Waals surface area (Å²) in [5.74, 6) is 0. The normalized spacial score (nSPS) is 12.3. The molecule has 0 fully saturated rings. The minimum absolute atomic E-state index is 0.0855. The molecule has 106 valence electrons. The molecule has 1 heterocycles. The summed E-state index contributed by atoms with van der Waals surface area (Å²) in [5, 5.41) is 4.59. The third-order valence-electron chi connectivity index (χ3n) is 3.59. The van der Waals surface area contributed by atoms with Gasteiger partial charge >= 0.3 is 0 Å². The number of nitrogens with two attached hydrogens (primary N) is 1. The Labute approximate surface area is 125 Å². The van der Waals surface area contributed by atoms with Gasteiger partial charge in [0.25, 0.3) is 0 Å². The second-order valence-electron chi connectivity index (χ2n) is 5.32. The molecule has 3 aromatic rings. The predicted molar refractivity (Wildman–Crippen MR) is 85.4 cm³/mol. The third kappa shape index (κ3) is 3.20. The number of hydrogen-bond donors (Lipinski definition) is 1. The standard InChI is InChI=1S/C18H19N3/c1-14-7-9-15(10-8-14)13-17(19)18-11-12-21(20-18)16-5-3-2-4-6-16/h2-12,17H,13,19H2,1H3. The van der Waals surface area contributed by atoms with Gasteiger partial charge in [0.2, 0.25) is 0 Å². The summed E-state index contributed by atoms with van der Waals surface area (Å²) in [6.45, 7) is 2.09. The second kappa shape index (κ2) is 5.94. The fourth-order valence-corrected chi connectivity index (χ4v) is 2.34. The van der Waals surface area contributed by atoms with E-state index < -0.39 is 0 Å². The molecule has 0 aliphatic rings. The number of nitrogens with zero attached hydrogens (tertiary/aromatic N) is 2. The van der Waals surface area contributed by atoms with Crippen molar-refractivity contribution in [2.75, 3.05) is 0 Å². The molecule has 0 saturated heterocycles. The smallest absolute Gasteiger partial charge is 0.0799 e. The molecule has 1 aromatic heterocycles. The largest absolute Gasteiger partial charge is 0.322 e. The van der Waals surface area contributed by atoms with Crippen molar-refractivity contribution < 1.29 is 0 Å². The van der Waals surface area contributed by atoms with Crippen molar-refractivity contribution >= 4 is 0 Å². The van der Waals surface area contributed by atoms with Gasteiger partial charge in [-0.3, -0.25) is 0 Å². The van der Waals surface area contributed by atoms with Gasteiger partial charge in [-0.05, 0) is 37.1 Å². The van der Waals surface area contributed by atoms with Crippen LogP contribution in [-0.2, 0) is 6.42 Å². The number of aryl methyl sites for hydroxylation is 1. The van der Waals surface area contributed by atoms with Crippen LogP contribution in [0.2, 0.25) is 0 Å². The predicted octanol–water partition coefficient (Wildman–Crippen LogP) is 3.42. The molecule has 0 bridgehead atoms. The summed E-state index contributed by atoms with van der Waals surface area (Å²) in [7, 11) is 0. The van der Waals surface area contributed by atoms with Gasteiger partial charge in [0, 0.05) is 6.20 Å². The zero-order valence-electron chi connectivity index (χ0n) is 12.1. The molecule has 0 spiro atoms. The van der Waals surface area contributed by atoms with Crippen LogP contribution in [-0.4, -0.2) is 9.78 Å². The molecular formula is C18H19N3. The highest BCUT2D eigenvalue weighted by molar-refractivity contribution is 5.31. The van der Waals surface area contributed by atoms with Crippen LogP contribution in [0.25, 0.3) is 5.69 Å². The van der Waals surface area contributed by atoms with E-state index in [0.29, 0.717) is 0 Å². The van der Waals surface area contributed by atoms with Crippen LogP contribution in [0.5, 0.6) is 0 Å². The van der Waals surface area contributed by atoms with E-state index in [1.165, 1.54) is 11.1 Å². The second-order valence-corrected chi connectivity index (χ2v) is 5.32. The average Bonchev–Trinajstić information content (AvgIpc) is 3.00. The lowest BCUT2D eigenvalue weighted by Gasteiger charge is -2.09. The average molecular weight is 277 g/mol. The van der Waals surface area contributed by atoms with Crippen LogP contribution in [0.4, 0.5) is 0 Å². The molecule has 2 N–H and O–H groups in total. The van der Waals surface area contributed by atoms with Crippen molar-refractivity contribution in [3.8, 4) is 5.69 Å². The molecule has 1 unspecified atom stereocenters. The van der Waals surface area contributed by atoms with Gasteiger partial charge in [-0.15, -0.1) is 0 Å². The monoisotopic (exact) mass is 277 g/mol. The summed E-state index contributed by atoms with van der Waals surface area (Å²) in [6, 6.07) is 20.5. The first-order valence-electron chi connectivity index (χ1n) is 7.14. The summed E-state index contributed by atoms with van der Waals surface area (Å²) in [6.07, 6.45) is 2.76. The van der Waals surface area contributed by atoms with Crippen LogP contribution in [0.15, 0.2) is 66.9 Å². The first kappa shape index (κ1) is 13.6. The van der Waals surface area contributed by atoms with E-state index in [0.717, 1.165) is 17.8 Å². The van der Waals surface area contributed by atoms with E-state index in [1.54, 1.807) is 0 Å². The van der Waals surface area contributed by atoms with E-state index in [9.17, 15) is 0 Å². The molecular weight excluding hydrogens is 258 g/mol. The molecule has 1 atom stereocenters. The first-order valence-corrected chi connectivity index (χ1v) is 7.14. The van der Waals surface area contributed by atoms with Crippen molar-refractivity contribution in [3.63, 3.8) is 0 Å². The highest BCUT2D eigenvalue weighted by atomic mass is 15.3. The van der Waals surface area contributed by atoms with Gasteiger partial charge in [0.1, 0.15) is 0 Å². The Kier molecular flexibility index (Phi) is 3.84. The third-order valence-corrected chi connectivity index (χ3v) is 3.59. The maximum atomic E-state index is 6.28. The van der Waals surface area contributed by atoms with E-state index in [1.807, 2.05) is 47.3 Å². The quantitative estimate of drug-likeness (QED) is 0.794. The van der Waals surface area contributed by atoms with Crippen molar-refractivity contribution in [2.45, 2.75) is 19.4 Å². The number of benzene rings is 2. The van der Waals surface area contributed by atoms with E-state index >= 15 is 0 Å². The van der Waals surface area contributed by atoms with Gasteiger partial charge in [-0.2, -0.15) is 5.10 Å². The molecule has 2 aromatic carbocycles. The summed E-state index contributed by atoms with van der Waals surface area (Å²) in [5.41, 5.74) is 10.7. The number of hydrogen-bond acceptors (Lipinski definition) is 2. The maximum Gasteiger partial charge on any atom is 0.0799 e. The van der Waals surface area contributed by atoms with Gasteiger partial charge < -0.3 is 5.73 Å². The lowest BCUT2D eigenvalue weighted by atomic mass is 10.0.